The Labute approximate surface area is 130 Å². The van der Waals surface area contributed by atoms with Crippen molar-refractivity contribution >= 4 is 44.0 Å². The van der Waals surface area contributed by atoms with Crippen molar-refractivity contribution in [2.45, 2.75) is 4.90 Å². The summed E-state index contributed by atoms with van der Waals surface area (Å²) in [5.74, 6) is 0. The van der Waals surface area contributed by atoms with Crippen LogP contribution in [0.15, 0.2) is 40.6 Å². The van der Waals surface area contributed by atoms with Crippen molar-refractivity contribution in [3.05, 3.63) is 46.2 Å². The maximum atomic E-state index is 11.9. The maximum absolute atomic E-state index is 11.9. The largest absolute Gasteiger partial charge is 0.324 e. The highest BCUT2D eigenvalue weighted by Crippen LogP contribution is 2.29. The van der Waals surface area contributed by atoms with E-state index in [2.05, 4.69) is 10.6 Å². The molecule has 2 N–H and O–H groups in total. The van der Waals surface area contributed by atoms with Gasteiger partial charge < -0.3 is 5.32 Å². The number of thiophene rings is 1. The third kappa shape index (κ3) is 2.72. The molecule has 2 heterocycles. The second kappa shape index (κ2) is 5.29. The molecule has 0 saturated carbocycles. The number of sulfone groups is 1. The molecule has 0 fully saturated rings. The number of rotatable bonds is 2. The van der Waals surface area contributed by atoms with Gasteiger partial charge >= 0.3 is 6.03 Å². The molecule has 6 nitrogen and oxygen atoms in total. The first kappa shape index (κ1) is 14.3. The highest BCUT2D eigenvalue weighted by Gasteiger charge is 2.20. The van der Waals surface area contributed by atoms with Crippen LogP contribution in [0.3, 0.4) is 0 Å². The fourth-order valence-corrected chi connectivity index (χ4v) is 3.88. The molecular weight excluding hydrogens is 322 g/mol. The Hall–Kier alpha value is -2.63. The number of anilines is 2. The van der Waals surface area contributed by atoms with E-state index in [9.17, 15) is 13.2 Å². The van der Waals surface area contributed by atoms with Crippen LogP contribution in [0.1, 0.15) is 10.4 Å². The van der Waals surface area contributed by atoms with E-state index in [0.717, 1.165) is 5.41 Å². The molecule has 0 aliphatic carbocycles. The molecule has 0 atom stereocenters. The fourth-order valence-electron chi connectivity index (χ4n) is 1.99. The molecule has 0 spiro atoms. The van der Waals surface area contributed by atoms with Gasteiger partial charge in [0.25, 0.3) is 0 Å². The molecule has 2 amide bonds. The number of benzene rings is 1. The molecule has 1 aliphatic rings. The van der Waals surface area contributed by atoms with E-state index in [0.29, 0.717) is 21.1 Å². The summed E-state index contributed by atoms with van der Waals surface area (Å²) < 4.78 is 23.3. The van der Waals surface area contributed by atoms with Crippen LogP contribution >= 0.6 is 11.3 Å². The van der Waals surface area contributed by atoms with Crippen LogP contribution in [0.5, 0.6) is 0 Å². The van der Waals surface area contributed by atoms with E-state index in [1.165, 1.54) is 29.5 Å². The number of nitrogens with zero attached hydrogens (tertiary/aromatic N) is 1. The number of urea groups is 1. The molecule has 22 heavy (non-hydrogen) atoms. The Morgan fingerprint density at radius 2 is 2.00 bits per heavy atom. The summed E-state index contributed by atoms with van der Waals surface area (Å²) in [6.45, 7) is 0. The average molecular weight is 331 g/mol. The lowest BCUT2D eigenvalue weighted by Crippen LogP contribution is -2.18. The topological polar surface area (TPSA) is 99.1 Å². The summed E-state index contributed by atoms with van der Waals surface area (Å²) in [7, 11) is -3.34. The minimum Gasteiger partial charge on any atom is -0.308 e. The van der Waals surface area contributed by atoms with Gasteiger partial charge in [0, 0.05) is 11.1 Å². The third-order valence-electron chi connectivity index (χ3n) is 2.95. The Balaban J connectivity index is 1.73. The second-order valence-electron chi connectivity index (χ2n) is 4.46. The Bertz CT molecular complexity index is 936. The van der Waals surface area contributed by atoms with Crippen molar-refractivity contribution in [1.29, 1.82) is 5.26 Å². The smallest absolute Gasteiger partial charge is 0.308 e. The number of hydrogen-bond donors (Lipinski definition) is 2. The van der Waals surface area contributed by atoms with Crippen LogP contribution in [0.25, 0.3) is 6.08 Å². The first-order valence-corrected chi connectivity index (χ1v) is 8.49. The molecule has 0 unspecified atom stereocenters. The van der Waals surface area contributed by atoms with Crippen molar-refractivity contribution in [3.8, 4) is 6.07 Å². The second-order valence-corrected chi connectivity index (χ2v) is 7.34. The van der Waals surface area contributed by atoms with E-state index in [4.69, 9.17) is 5.26 Å². The van der Waals surface area contributed by atoms with Gasteiger partial charge in [-0.05, 0) is 42.0 Å². The number of nitriles is 1. The summed E-state index contributed by atoms with van der Waals surface area (Å²) in [4.78, 5) is 12.6. The molecule has 0 radical (unpaired) electrons. The summed E-state index contributed by atoms with van der Waals surface area (Å²) >= 11 is 1.17. The standard InChI is InChI=1S/C14H9N3O3S2/c15-8-11-2-4-13(21-11)17-14(18)16-10-1-3-12-9(7-10)5-6-22(12,19)20/h1-7H,(H2,16,17,18). The van der Waals surface area contributed by atoms with Gasteiger partial charge in [-0.25, -0.2) is 13.2 Å². The molecular formula is C14H9N3O3S2. The number of nitrogens with one attached hydrogen (secondary N) is 2. The van der Waals surface area contributed by atoms with Crippen molar-refractivity contribution < 1.29 is 13.2 Å². The van der Waals surface area contributed by atoms with Crippen molar-refractivity contribution in [2.24, 2.45) is 0 Å². The summed E-state index contributed by atoms with van der Waals surface area (Å²) in [6.07, 6.45) is 1.49. The van der Waals surface area contributed by atoms with Crippen molar-refractivity contribution in [2.75, 3.05) is 10.6 Å². The Morgan fingerprint density at radius 3 is 2.73 bits per heavy atom. The van der Waals surface area contributed by atoms with E-state index in [1.807, 2.05) is 6.07 Å². The zero-order chi connectivity index (χ0) is 15.7. The Kier molecular flexibility index (Phi) is 3.44. The lowest BCUT2D eigenvalue weighted by atomic mass is 10.2. The highest BCUT2D eigenvalue weighted by atomic mass is 32.2. The van der Waals surface area contributed by atoms with Gasteiger partial charge in [-0.2, -0.15) is 5.26 Å². The quantitative estimate of drug-likeness (QED) is 0.883. The molecule has 110 valence electrons. The molecule has 3 rings (SSSR count). The highest BCUT2D eigenvalue weighted by molar-refractivity contribution is 7.94. The monoisotopic (exact) mass is 331 g/mol. The van der Waals surface area contributed by atoms with Crippen LogP contribution in [0.4, 0.5) is 15.5 Å². The zero-order valence-corrected chi connectivity index (χ0v) is 12.7. The number of fused-ring (bicyclic) bond motifs is 1. The molecule has 0 bridgehead atoms. The predicted molar refractivity (Wildman–Crippen MR) is 84.3 cm³/mol. The van der Waals surface area contributed by atoms with Crippen molar-refractivity contribution in [3.63, 3.8) is 0 Å². The van der Waals surface area contributed by atoms with E-state index < -0.39 is 15.9 Å². The van der Waals surface area contributed by atoms with Gasteiger partial charge in [0.1, 0.15) is 10.9 Å². The van der Waals surface area contributed by atoms with Crippen LogP contribution < -0.4 is 10.6 Å². The van der Waals surface area contributed by atoms with Gasteiger partial charge in [-0.15, -0.1) is 11.3 Å². The Morgan fingerprint density at radius 1 is 1.18 bits per heavy atom. The fraction of sp³-hybridized carbons (Fsp3) is 0. The minimum atomic E-state index is -3.34. The lowest BCUT2D eigenvalue weighted by Gasteiger charge is -2.07. The lowest BCUT2D eigenvalue weighted by molar-refractivity contribution is 0.262. The molecule has 1 aromatic carbocycles. The minimum absolute atomic E-state index is 0.232. The summed E-state index contributed by atoms with van der Waals surface area (Å²) in [5, 5.41) is 15.6. The van der Waals surface area contributed by atoms with Crippen molar-refractivity contribution in [1.82, 2.24) is 0 Å². The molecule has 0 saturated heterocycles. The van der Waals surface area contributed by atoms with Gasteiger partial charge in [0.05, 0.1) is 9.90 Å². The summed E-state index contributed by atoms with van der Waals surface area (Å²) in [6, 6.07) is 9.35. The maximum Gasteiger partial charge on any atom is 0.324 e. The van der Waals surface area contributed by atoms with Gasteiger partial charge in [0.2, 0.25) is 0 Å². The van der Waals surface area contributed by atoms with Crippen LogP contribution in [-0.2, 0) is 9.84 Å². The summed E-state index contributed by atoms with van der Waals surface area (Å²) in [5.41, 5.74) is 1.02. The number of hydrogen-bond acceptors (Lipinski definition) is 5. The predicted octanol–water partition coefficient (Wildman–Crippen LogP) is 3.02. The van der Waals surface area contributed by atoms with E-state index >= 15 is 0 Å². The van der Waals surface area contributed by atoms with E-state index in [1.54, 1.807) is 18.2 Å². The number of carbonyl (C=O) groups excluding carboxylic acids is 1. The first-order valence-electron chi connectivity index (χ1n) is 6.13. The van der Waals surface area contributed by atoms with Crippen LogP contribution in [0, 0.1) is 11.3 Å². The number of amides is 2. The van der Waals surface area contributed by atoms with E-state index in [-0.39, 0.29) is 4.90 Å². The average Bonchev–Trinajstić information content (AvgIpc) is 3.03. The molecule has 2 aromatic rings. The van der Waals surface area contributed by atoms with Gasteiger partial charge in [-0.1, -0.05) is 0 Å². The normalized spacial score (nSPS) is 14.1. The molecule has 1 aliphatic heterocycles. The number of carbonyl (C=O) groups is 1. The third-order valence-corrected chi connectivity index (χ3v) is 5.34. The molecule has 1 aromatic heterocycles. The molecule has 8 heteroatoms. The zero-order valence-electron chi connectivity index (χ0n) is 11.0. The van der Waals surface area contributed by atoms with Gasteiger partial charge in [-0.3, -0.25) is 5.32 Å². The SMILES string of the molecule is N#Cc1ccc(NC(=O)Nc2ccc3c(c2)C=CS3(=O)=O)s1. The van der Waals surface area contributed by atoms with Gasteiger partial charge in [0.15, 0.2) is 9.84 Å². The first-order chi connectivity index (χ1) is 10.5. The van der Waals surface area contributed by atoms with Crippen LogP contribution in [-0.4, -0.2) is 14.4 Å². The van der Waals surface area contributed by atoms with Crippen LogP contribution in [0.2, 0.25) is 0 Å².